The third-order valence-electron chi connectivity index (χ3n) is 3.18. The first-order chi connectivity index (χ1) is 6.61. The number of esters is 1. The van der Waals surface area contributed by atoms with Crippen molar-refractivity contribution in [1.82, 2.24) is 0 Å². The Labute approximate surface area is 87.0 Å². The smallest absolute Gasteiger partial charge is 0.309 e. The van der Waals surface area contributed by atoms with Crippen molar-refractivity contribution in [2.75, 3.05) is 0 Å². The molecule has 0 N–H and O–H groups in total. The van der Waals surface area contributed by atoms with Gasteiger partial charge in [0, 0.05) is 0 Å². The fraction of sp³-hybridized carbons (Fsp3) is 0.917. The molecule has 0 saturated heterocycles. The van der Waals surface area contributed by atoms with E-state index in [1.807, 2.05) is 6.92 Å². The number of ether oxygens (including phenoxy) is 1. The van der Waals surface area contributed by atoms with Gasteiger partial charge in [0.05, 0.1) is 5.92 Å². The van der Waals surface area contributed by atoms with Gasteiger partial charge in [-0.15, -0.1) is 0 Å². The van der Waals surface area contributed by atoms with Crippen LogP contribution in [0.25, 0.3) is 0 Å². The van der Waals surface area contributed by atoms with Gasteiger partial charge in [-0.1, -0.05) is 33.1 Å². The fourth-order valence-electron chi connectivity index (χ4n) is 1.75. The van der Waals surface area contributed by atoms with Gasteiger partial charge < -0.3 is 4.74 Å². The minimum atomic E-state index is 0.0332. The molecule has 2 heteroatoms. The molecule has 0 radical (unpaired) electrons. The van der Waals surface area contributed by atoms with Gasteiger partial charge in [-0.25, -0.2) is 0 Å². The van der Waals surface area contributed by atoms with Crippen molar-refractivity contribution < 1.29 is 9.53 Å². The maximum absolute atomic E-state index is 11.7. The highest BCUT2D eigenvalue weighted by Crippen LogP contribution is 2.25. The zero-order chi connectivity index (χ0) is 10.6. The highest BCUT2D eigenvalue weighted by atomic mass is 16.5. The van der Waals surface area contributed by atoms with Crippen LogP contribution in [0.5, 0.6) is 0 Å². The molecule has 1 rings (SSSR count). The minimum absolute atomic E-state index is 0.0332. The summed E-state index contributed by atoms with van der Waals surface area (Å²) in [5.74, 6) is 0.637. The summed E-state index contributed by atoms with van der Waals surface area (Å²) in [5, 5.41) is 0. The molecule has 0 amide bonds. The topological polar surface area (TPSA) is 26.3 Å². The van der Waals surface area contributed by atoms with Crippen LogP contribution in [0, 0.1) is 11.8 Å². The molecule has 82 valence electrons. The molecule has 0 aliphatic heterocycles. The van der Waals surface area contributed by atoms with E-state index < -0.39 is 0 Å². The van der Waals surface area contributed by atoms with Gasteiger partial charge in [0.1, 0.15) is 6.10 Å². The molecule has 0 aromatic rings. The predicted molar refractivity (Wildman–Crippen MR) is 57.0 cm³/mol. The Morgan fingerprint density at radius 2 is 1.71 bits per heavy atom. The van der Waals surface area contributed by atoms with E-state index in [9.17, 15) is 4.79 Å². The van der Waals surface area contributed by atoms with Gasteiger partial charge in [-0.2, -0.15) is 0 Å². The van der Waals surface area contributed by atoms with E-state index in [1.165, 1.54) is 19.3 Å². The number of hydrogen-bond donors (Lipinski definition) is 0. The average Bonchev–Trinajstić information content (AvgIpc) is 2.19. The second kappa shape index (κ2) is 5.38. The number of carbonyl (C=O) groups is 1. The van der Waals surface area contributed by atoms with Crippen molar-refractivity contribution in [3.63, 3.8) is 0 Å². The Hall–Kier alpha value is -0.530. The molecule has 1 saturated carbocycles. The Morgan fingerprint density at radius 1 is 1.14 bits per heavy atom. The van der Waals surface area contributed by atoms with Crippen LogP contribution in [0.1, 0.15) is 52.9 Å². The van der Waals surface area contributed by atoms with Gasteiger partial charge in [0.2, 0.25) is 0 Å². The summed E-state index contributed by atoms with van der Waals surface area (Å²) < 4.78 is 5.41. The van der Waals surface area contributed by atoms with Crippen molar-refractivity contribution in [3.8, 4) is 0 Å². The summed E-state index contributed by atoms with van der Waals surface area (Å²) in [6.07, 6.45) is 5.78. The zero-order valence-electron chi connectivity index (χ0n) is 9.58. The van der Waals surface area contributed by atoms with Crippen LogP contribution in [-0.2, 0) is 9.53 Å². The summed E-state index contributed by atoms with van der Waals surface area (Å²) >= 11 is 0. The molecule has 1 aliphatic carbocycles. The van der Waals surface area contributed by atoms with Gasteiger partial charge in [-0.05, 0) is 25.7 Å². The van der Waals surface area contributed by atoms with Crippen LogP contribution in [0.4, 0.5) is 0 Å². The predicted octanol–water partition coefficient (Wildman–Crippen LogP) is 3.15. The first-order valence-electron chi connectivity index (χ1n) is 5.81. The molecule has 0 aromatic carbocycles. The average molecular weight is 198 g/mol. The van der Waals surface area contributed by atoms with Crippen LogP contribution < -0.4 is 0 Å². The number of hydrogen-bond acceptors (Lipinski definition) is 2. The highest BCUT2D eigenvalue weighted by molar-refractivity contribution is 5.72. The molecule has 1 atom stereocenters. The van der Waals surface area contributed by atoms with Crippen LogP contribution in [0.2, 0.25) is 0 Å². The highest BCUT2D eigenvalue weighted by Gasteiger charge is 2.24. The summed E-state index contributed by atoms with van der Waals surface area (Å²) in [7, 11) is 0. The summed E-state index contributed by atoms with van der Waals surface area (Å²) in [4.78, 5) is 11.7. The molecule has 1 unspecified atom stereocenters. The second-order valence-electron chi connectivity index (χ2n) is 4.72. The van der Waals surface area contributed by atoms with Crippen LogP contribution in [0.15, 0.2) is 0 Å². The molecule has 1 fully saturated rings. The maximum atomic E-state index is 11.7. The lowest BCUT2D eigenvalue weighted by atomic mass is 9.89. The van der Waals surface area contributed by atoms with E-state index in [0.29, 0.717) is 5.92 Å². The lowest BCUT2D eigenvalue weighted by Gasteiger charge is -2.23. The molecule has 0 spiro atoms. The number of carbonyl (C=O) groups excluding carboxylic acids is 1. The largest absolute Gasteiger partial charge is 0.462 e. The minimum Gasteiger partial charge on any atom is -0.462 e. The first kappa shape index (κ1) is 11.5. The van der Waals surface area contributed by atoms with E-state index in [0.717, 1.165) is 12.8 Å². The Balaban J connectivity index is 2.33. The second-order valence-corrected chi connectivity index (χ2v) is 4.72. The monoisotopic (exact) mass is 198 g/mol. The van der Waals surface area contributed by atoms with Gasteiger partial charge in [0.25, 0.3) is 0 Å². The van der Waals surface area contributed by atoms with Crippen molar-refractivity contribution in [2.45, 2.75) is 59.0 Å². The maximum Gasteiger partial charge on any atom is 0.309 e. The third kappa shape index (κ3) is 3.32. The quantitative estimate of drug-likeness (QED) is 0.651. The van der Waals surface area contributed by atoms with Crippen molar-refractivity contribution in [1.29, 1.82) is 0 Å². The fourth-order valence-corrected chi connectivity index (χ4v) is 1.75. The lowest BCUT2D eigenvalue weighted by Crippen LogP contribution is -2.26. The summed E-state index contributed by atoms with van der Waals surface area (Å²) in [6, 6.07) is 0. The third-order valence-corrected chi connectivity index (χ3v) is 3.18. The molecular weight excluding hydrogens is 176 g/mol. The molecule has 0 heterocycles. The van der Waals surface area contributed by atoms with Crippen LogP contribution in [-0.4, -0.2) is 12.1 Å². The van der Waals surface area contributed by atoms with E-state index in [4.69, 9.17) is 4.74 Å². The molecule has 1 aliphatic rings. The SMILES string of the molecule is CC(C)C(C)OC(=O)C1CCCCC1. The van der Waals surface area contributed by atoms with Crippen LogP contribution >= 0.6 is 0 Å². The molecule has 0 aromatic heterocycles. The number of rotatable bonds is 3. The van der Waals surface area contributed by atoms with Gasteiger partial charge in [-0.3, -0.25) is 4.79 Å². The van der Waals surface area contributed by atoms with E-state index in [-0.39, 0.29) is 18.0 Å². The Kier molecular flexibility index (Phi) is 4.43. The van der Waals surface area contributed by atoms with Gasteiger partial charge in [0.15, 0.2) is 0 Å². The van der Waals surface area contributed by atoms with Gasteiger partial charge >= 0.3 is 5.97 Å². The lowest BCUT2D eigenvalue weighted by molar-refractivity contribution is -0.156. The molecule has 2 nitrogen and oxygen atoms in total. The Bertz CT molecular complexity index is 181. The van der Waals surface area contributed by atoms with E-state index in [2.05, 4.69) is 13.8 Å². The van der Waals surface area contributed by atoms with E-state index in [1.54, 1.807) is 0 Å². The van der Waals surface area contributed by atoms with Crippen LogP contribution in [0.3, 0.4) is 0 Å². The van der Waals surface area contributed by atoms with Crippen molar-refractivity contribution in [2.24, 2.45) is 11.8 Å². The normalized spacial score (nSPS) is 20.9. The summed E-state index contributed by atoms with van der Waals surface area (Å²) in [6.45, 7) is 6.14. The molecular formula is C12H22O2. The first-order valence-corrected chi connectivity index (χ1v) is 5.81. The van der Waals surface area contributed by atoms with E-state index >= 15 is 0 Å². The zero-order valence-corrected chi connectivity index (χ0v) is 9.58. The Morgan fingerprint density at radius 3 is 2.21 bits per heavy atom. The van der Waals surface area contributed by atoms with Crippen molar-refractivity contribution in [3.05, 3.63) is 0 Å². The van der Waals surface area contributed by atoms with Crippen molar-refractivity contribution >= 4 is 5.97 Å². The summed E-state index contributed by atoms with van der Waals surface area (Å²) in [5.41, 5.74) is 0. The standard InChI is InChI=1S/C12H22O2/c1-9(2)10(3)14-12(13)11-7-5-4-6-8-11/h9-11H,4-8H2,1-3H3. The molecule has 14 heavy (non-hydrogen) atoms. The molecule has 0 bridgehead atoms.